The minimum atomic E-state index is -0.647. The molecule has 0 saturated heterocycles. The Balaban J connectivity index is 1.56. The number of hydrogen-bond acceptors (Lipinski definition) is 4. The molecule has 0 spiro atoms. The highest BCUT2D eigenvalue weighted by Crippen LogP contribution is 2.37. The van der Waals surface area contributed by atoms with Crippen molar-refractivity contribution in [1.29, 1.82) is 0 Å². The number of carbonyl (C=O) groups excluding carboxylic acids is 1. The van der Waals surface area contributed by atoms with Crippen molar-refractivity contribution < 1.29 is 18.7 Å². The molecule has 1 amide bonds. The van der Waals surface area contributed by atoms with E-state index in [-0.39, 0.29) is 16.6 Å². The summed E-state index contributed by atoms with van der Waals surface area (Å²) in [4.78, 5) is 13.8. The molecule has 0 saturated carbocycles. The zero-order valence-electron chi connectivity index (χ0n) is 13.4. The molecule has 0 atom stereocenters. The molecule has 1 aromatic heterocycles. The number of anilines is 1. The molecular formula is C19H13ClFNO3S. The third kappa shape index (κ3) is 3.25. The fourth-order valence-electron chi connectivity index (χ4n) is 2.60. The summed E-state index contributed by atoms with van der Waals surface area (Å²) in [5.74, 6) is 0.367. The summed E-state index contributed by atoms with van der Waals surface area (Å²) >= 11 is 7.05. The van der Waals surface area contributed by atoms with Crippen LogP contribution in [0.25, 0.3) is 10.4 Å². The minimum absolute atomic E-state index is 0.0362. The van der Waals surface area contributed by atoms with E-state index in [1.165, 1.54) is 23.5 Å². The van der Waals surface area contributed by atoms with E-state index in [9.17, 15) is 9.18 Å². The van der Waals surface area contributed by atoms with Crippen molar-refractivity contribution in [3.63, 3.8) is 0 Å². The van der Waals surface area contributed by atoms with Crippen LogP contribution in [0.3, 0.4) is 0 Å². The lowest BCUT2D eigenvalue weighted by Gasteiger charge is -2.18. The van der Waals surface area contributed by atoms with Crippen LogP contribution in [0.2, 0.25) is 5.02 Å². The number of hydrogen-bond donors (Lipinski definition) is 1. The number of fused-ring (bicyclic) bond motifs is 1. The molecule has 0 radical (unpaired) electrons. The number of amides is 1. The maximum Gasteiger partial charge on any atom is 0.265 e. The van der Waals surface area contributed by atoms with E-state index in [0.717, 1.165) is 10.4 Å². The van der Waals surface area contributed by atoms with Gasteiger partial charge in [-0.2, -0.15) is 0 Å². The molecule has 1 aliphatic rings. The van der Waals surface area contributed by atoms with Gasteiger partial charge in [-0.25, -0.2) is 4.39 Å². The molecule has 26 heavy (non-hydrogen) atoms. The van der Waals surface area contributed by atoms with Crippen molar-refractivity contribution in [2.45, 2.75) is 0 Å². The Morgan fingerprint density at radius 2 is 1.88 bits per heavy atom. The van der Waals surface area contributed by atoms with E-state index in [1.807, 2.05) is 24.3 Å². The summed E-state index contributed by atoms with van der Waals surface area (Å²) in [6, 6.07) is 13.7. The summed E-state index contributed by atoms with van der Waals surface area (Å²) in [7, 11) is 0. The number of benzene rings is 2. The van der Waals surface area contributed by atoms with Crippen molar-refractivity contribution in [2.75, 3.05) is 18.5 Å². The monoisotopic (exact) mass is 389 g/mol. The second-order valence-corrected chi connectivity index (χ2v) is 7.07. The van der Waals surface area contributed by atoms with Crippen LogP contribution in [0.5, 0.6) is 11.5 Å². The van der Waals surface area contributed by atoms with Crippen LogP contribution in [-0.4, -0.2) is 19.1 Å². The highest BCUT2D eigenvalue weighted by Gasteiger charge is 2.16. The van der Waals surface area contributed by atoms with Crippen molar-refractivity contribution in [1.82, 2.24) is 0 Å². The second kappa shape index (κ2) is 6.97. The Kier molecular flexibility index (Phi) is 4.53. The molecule has 0 aliphatic carbocycles. The first kappa shape index (κ1) is 16.9. The van der Waals surface area contributed by atoms with Gasteiger partial charge in [-0.15, -0.1) is 11.3 Å². The van der Waals surface area contributed by atoms with Crippen molar-refractivity contribution in [2.24, 2.45) is 0 Å². The SMILES string of the molecule is O=C(Nc1cccc(Cl)c1F)c1ccc(-c2ccc3c(c2)OCCO3)s1. The first-order valence-electron chi connectivity index (χ1n) is 7.87. The summed E-state index contributed by atoms with van der Waals surface area (Å²) in [6.45, 7) is 1.05. The minimum Gasteiger partial charge on any atom is -0.486 e. The Morgan fingerprint density at radius 3 is 2.73 bits per heavy atom. The molecule has 0 unspecified atom stereocenters. The zero-order valence-corrected chi connectivity index (χ0v) is 15.0. The van der Waals surface area contributed by atoms with Crippen molar-refractivity contribution >= 4 is 34.5 Å². The fourth-order valence-corrected chi connectivity index (χ4v) is 3.67. The number of thiophene rings is 1. The summed E-state index contributed by atoms with van der Waals surface area (Å²) in [6.07, 6.45) is 0. The lowest BCUT2D eigenvalue weighted by atomic mass is 10.1. The highest BCUT2D eigenvalue weighted by molar-refractivity contribution is 7.17. The second-order valence-electron chi connectivity index (χ2n) is 5.58. The summed E-state index contributed by atoms with van der Waals surface area (Å²) in [5, 5.41) is 2.51. The number of ether oxygens (including phenoxy) is 2. The third-order valence-corrected chi connectivity index (χ3v) is 5.28. The van der Waals surface area contributed by atoms with E-state index in [2.05, 4.69) is 5.32 Å². The van der Waals surface area contributed by atoms with Gasteiger partial charge in [0.25, 0.3) is 5.91 Å². The van der Waals surface area contributed by atoms with E-state index < -0.39 is 5.82 Å². The van der Waals surface area contributed by atoms with Crippen LogP contribution >= 0.6 is 22.9 Å². The number of rotatable bonds is 3. The number of nitrogens with one attached hydrogen (secondary N) is 1. The van der Waals surface area contributed by atoms with Crippen molar-refractivity contribution in [3.8, 4) is 21.9 Å². The van der Waals surface area contributed by atoms with Gasteiger partial charge in [0, 0.05) is 4.88 Å². The Bertz CT molecular complexity index is 989. The maximum absolute atomic E-state index is 13.9. The van der Waals surface area contributed by atoms with E-state index in [4.69, 9.17) is 21.1 Å². The van der Waals surface area contributed by atoms with Crippen LogP contribution in [0.1, 0.15) is 9.67 Å². The molecule has 4 rings (SSSR count). The summed E-state index contributed by atoms with van der Waals surface area (Å²) < 4.78 is 25.0. The molecule has 2 heterocycles. The smallest absolute Gasteiger partial charge is 0.265 e. The molecule has 132 valence electrons. The quantitative estimate of drug-likeness (QED) is 0.667. The van der Waals surface area contributed by atoms with Crippen LogP contribution in [-0.2, 0) is 0 Å². The molecule has 0 fully saturated rings. The lowest BCUT2D eigenvalue weighted by molar-refractivity contribution is 0.103. The standard InChI is InChI=1S/C19H13ClFNO3S/c20-12-2-1-3-13(18(12)21)22-19(23)17-7-6-16(26-17)11-4-5-14-15(10-11)25-9-8-24-14/h1-7,10H,8-9H2,(H,22,23). The van der Waals surface area contributed by atoms with Crippen molar-refractivity contribution in [3.05, 3.63) is 64.2 Å². The molecule has 1 aliphatic heterocycles. The molecule has 2 aromatic carbocycles. The van der Waals surface area contributed by atoms with Crippen LogP contribution in [0.4, 0.5) is 10.1 Å². The zero-order chi connectivity index (χ0) is 18.1. The van der Waals surface area contributed by atoms with Crippen LogP contribution in [0.15, 0.2) is 48.5 Å². The molecule has 3 aromatic rings. The average Bonchev–Trinajstić information content (AvgIpc) is 3.15. The van der Waals surface area contributed by atoms with Gasteiger partial charge < -0.3 is 14.8 Å². The normalized spacial score (nSPS) is 12.7. The third-order valence-electron chi connectivity index (χ3n) is 3.86. The van der Waals surface area contributed by atoms with Gasteiger partial charge in [0.15, 0.2) is 17.3 Å². The van der Waals surface area contributed by atoms with E-state index in [0.29, 0.717) is 29.6 Å². The van der Waals surface area contributed by atoms with Crippen LogP contribution < -0.4 is 14.8 Å². The van der Waals surface area contributed by atoms with Gasteiger partial charge >= 0.3 is 0 Å². The van der Waals surface area contributed by atoms with Gasteiger partial charge in [0.2, 0.25) is 0 Å². The number of carbonyl (C=O) groups is 1. The van der Waals surface area contributed by atoms with E-state index >= 15 is 0 Å². The summed E-state index contributed by atoms with van der Waals surface area (Å²) in [5.41, 5.74) is 0.976. The molecule has 7 heteroatoms. The average molecular weight is 390 g/mol. The van der Waals surface area contributed by atoms with Crippen LogP contribution in [0, 0.1) is 5.82 Å². The predicted octanol–water partition coefficient (Wildman–Crippen LogP) is 5.23. The molecule has 0 bridgehead atoms. The predicted molar refractivity (Wildman–Crippen MR) is 100 cm³/mol. The van der Waals surface area contributed by atoms with Gasteiger partial charge in [-0.1, -0.05) is 17.7 Å². The van der Waals surface area contributed by atoms with Gasteiger partial charge in [0.05, 0.1) is 15.6 Å². The van der Waals surface area contributed by atoms with Gasteiger partial charge in [-0.3, -0.25) is 4.79 Å². The Morgan fingerprint density at radius 1 is 1.08 bits per heavy atom. The van der Waals surface area contributed by atoms with E-state index in [1.54, 1.807) is 12.1 Å². The lowest BCUT2D eigenvalue weighted by Crippen LogP contribution is -2.15. The first-order chi connectivity index (χ1) is 12.6. The Hall–Kier alpha value is -2.57. The highest BCUT2D eigenvalue weighted by atomic mass is 35.5. The maximum atomic E-state index is 13.9. The molecule has 4 nitrogen and oxygen atoms in total. The Labute approximate surface area is 158 Å². The molecular weight excluding hydrogens is 377 g/mol. The fraction of sp³-hybridized carbons (Fsp3) is 0.105. The topological polar surface area (TPSA) is 47.6 Å². The van der Waals surface area contributed by atoms with Gasteiger partial charge in [-0.05, 0) is 48.0 Å². The first-order valence-corrected chi connectivity index (χ1v) is 9.06. The largest absolute Gasteiger partial charge is 0.486 e. The molecule has 1 N–H and O–H groups in total. The van der Waals surface area contributed by atoms with Gasteiger partial charge in [0.1, 0.15) is 13.2 Å². The number of halogens is 2.